The second kappa shape index (κ2) is 33.9. The van der Waals surface area contributed by atoms with Crippen molar-refractivity contribution < 1.29 is 41.8 Å². The number of nitrogens with one attached hydrogen (secondary N) is 7. The predicted octanol–water partition coefficient (Wildman–Crippen LogP) is 13.2. The molecule has 12 aromatic rings. The minimum atomic E-state index is -0.531. The topological polar surface area (TPSA) is 278 Å². The molecule has 27 nitrogen and oxygen atoms in total. The highest BCUT2D eigenvalue weighted by atomic mass is 19.1. The number of rotatable bonds is 19. The highest BCUT2D eigenvalue weighted by Crippen LogP contribution is 2.39. The van der Waals surface area contributed by atoms with Gasteiger partial charge in [-0.2, -0.15) is 0 Å². The number of benzene rings is 6. The fraction of sp³-hybridized carbons (Fsp3) is 0.296. The molecule has 0 bridgehead atoms. The van der Waals surface area contributed by atoms with Crippen LogP contribution in [0.3, 0.4) is 0 Å². The zero-order valence-corrected chi connectivity index (χ0v) is 63.9. The molecule has 111 heavy (non-hydrogen) atoms. The summed E-state index contributed by atoms with van der Waals surface area (Å²) in [6, 6.07) is 38.8. The Kier molecular flexibility index (Phi) is 23.4. The molecule has 0 atom stereocenters. The van der Waals surface area contributed by atoms with Crippen LogP contribution in [0, 0.1) is 38.2 Å². The van der Waals surface area contributed by atoms with Crippen LogP contribution in [0.4, 0.5) is 64.7 Å². The highest BCUT2D eigenvalue weighted by molar-refractivity contribution is 6.03. The third kappa shape index (κ3) is 17.6. The zero-order valence-electron chi connectivity index (χ0n) is 63.9. The van der Waals surface area contributed by atoms with Crippen LogP contribution >= 0.6 is 0 Å². The Hall–Kier alpha value is -12.5. The van der Waals surface area contributed by atoms with Crippen molar-refractivity contribution in [3.63, 3.8) is 0 Å². The number of piperazine rings is 3. The van der Waals surface area contributed by atoms with Crippen LogP contribution in [-0.2, 0) is 0 Å². The fourth-order valence-electron chi connectivity index (χ4n) is 13.3. The predicted molar refractivity (Wildman–Crippen MR) is 428 cm³/mol. The van der Waals surface area contributed by atoms with E-state index < -0.39 is 17.5 Å². The van der Waals surface area contributed by atoms with Crippen LogP contribution in [0.1, 0.15) is 55.1 Å². The number of likely N-dealkylation sites (N-methyl/N-ethyl adjacent to an activating group) is 2. The monoisotopic (exact) mass is 1510 g/mol. The molecule has 6 aromatic carbocycles. The first-order chi connectivity index (χ1) is 53.5. The number of hydrogen-bond donors (Lipinski definition) is 7. The summed E-state index contributed by atoms with van der Waals surface area (Å²) in [7, 11) is 11.9. The van der Waals surface area contributed by atoms with Crippen molar-refractivity contribution in [1.82, 2.24) is 74.7 Å². The molecule has 576 valence electrons. The lowest BCUT2D eigenvalue weighted by atomic mass is 10.2. The van der Waals surface area contributed by atoms with E-state index in [-0.39, 0.29) is 86.8 Å². The van der Waals surface area contributed by atoms with Gasteiger partial charge < -0.3 is 89.6 Å². The molecule has 0 aliphatic carbocycles. The van der Waals surface area contributed by atoms with Gasteiger partial charge in [-0.3, -0.25) is 14.4 Å². The summed E-state index contributed by atoms with van der Waals surface area (Å²) in [5.74, 6) is -2.06. The van der Waals surface area contributed by atoms with Crippen molar-refractivity contribution in [2.75, 3.05) is 165 Å². The molecule has 0 saturated carbocycles. The van der Waals surface area contributed by atoms with E-state index in [0.717, 1.165) is 136 Å². The zero-order chi connectivity index (χ0) is 78.1. The molecule has 3 saturated heterocycles. The average molecular weight is 1510 g/mol. The van der Waals surface area contributed by atoms with Crippen LogP contribution in [0.15, 0.2) is 146 Å². The molecule has 15 rings (SSSR count). The number of carbonyl (C=O) groups excluding carboxylic acids is 3. The summed E-state index contributed by atoms with van der Waals surface area (Å²) in [4.78, 5) is 90.3. The van der Waals surface area contributed by atoms with E-state index in [9.17, 15) is 14.4 Å². The summed E-state index contributed by atoms with van der Waals surface area (Å²) in [5.41, 5.74) is 10.5. The van der Waals surface area contributed by atoms with Gasteiger partial charge in [-0.1, -0.05) is 6.92 Å². The highest BCUT2D eigenvalue weighted by Gasteiger charge is 2.29. The van der Waals surface area contributed by atoms with Gasteiger partial charge in [0.05, 0.1) is 0 Å². The van der Waals surface area contributed by atoms with E-state index in [0.29, 0.717) is 32.7 Å². The van der Waals surface area contributed by atoms with Gasteiger partial charge >= 0.3 is 0 Å². The lowest BCUT2D eigenvalue weighted by Crippen LogP contribution is -2.46. The second-order valence-electron chi connectivity index (χ2n) is 28.0. The van der Waals surface area contributed by atoms with E-state index in [1.807, 2.05) is 81.4 Å². The molecule has 7 N–H and O–H groups in total. The third-order valence-electron chi connectivity index (χ3n) is 19.4. The largest absolute Gasteiger partial charge is 0.435 e. The summed E-state index contributed by atoms with van der Waals surface area (Å²) < 4.78 is 63.3. The van der Waals surface area contributed by atoms with Crippen molar-refractivity contribution in [3.05, 3.63) is 198 Å². The molecule has 0 unspecified atom stereocenters. The maximum atomic E-state index is 15.2. The molecule has 0 spiro atoms. The van der Waals surface area contributed by atoms with Gasteiger partial charge in [0.15, 0.2) is 52.2 Å². The number of halogens is 3. The Balaban J connectivity index is 0.000000146. The molecular weight excluding hydrogens is 1420 g/mol. The normalized spacial score (nSPS) is 13.9. The first kappa shape index (κ1) is 76.6. The molecule has 9 heterocycles. The third-order valence-corrected chi connectivity index (χ3v) is 19.4. The minimum absolute atomic E-state index is 0.0264. The minimum Gasteiger partial charge on any atom is -0.435 e. The first-order valence-corrected chi connectivity index (χ1v) is 36.6. The van der Waals surface area contributed by atoms with Crippen LogP contribution in [0.2, 0.25) is 0 Å². The number of carbonyl (C=O) groups is 3. The summed E-state index contributed by atoms with van der Waals surface area (Å²) in [6.07, 6.45) is 3.87. The number of nitrogens with zero attached hydrogens (tertiary/aromatic N) is 14. The van der Waals surface area contributed by atoms with Crippen molar-refractivity contribution in [2.24, 2.45) is 0 Å². The van der Waals surface area contributed by atoms with E-state index in [1.165, 1.54) is 51.9 Å². The van der Waals surface area contributed by atoms with Crippen molar-refractivity contribution in [3.8, 4) is 34.9 Å². The van der Waals surface area contributed by atoms with Gasteiger partial charge in [0, 0.05) is 205 Å². The van der Waals surface area contributed by atoms with E-state index >= 15 is 13.2 Å². The lowest BCUT2D eigenvalue weighted by molar-refractivity contribution is 0.0817. The van der Waals surface area contributed by atoms with E-state index in [1.54, 1.807) is 78.7 Å². The fourth-order valence-corrected chi connectivity index (χ4v) is 13.3. The quantitative estimate of drug-likeness (QED) is 0.0396. The molecule has 0 radical (unpaired) electrons. The van der Waals surface area contributed by atoms with Crippen LogP contribution in [0.5, 0.6) is 34.9 Å². The maximum Gasteiger partial charge on any atom is 0.262 e. The Labute approximate surface area is 640 Å². The van der Waals surface area contributed by atoms with Gasteiger partial charge in [-0.05, 0) is 162 Å². The molecule has 3 fully saturated rings. The van der Waals surface area contributed by atoms with E-state index in [2.05, 4.69) is 117 Å². The van der Waals surface area contributed by atoms with Crippen LogP contribution in [-0.4, -0.2) is 221 Å². The number of amides is 3. The van der Waals surface area contributed by atoms with Gasteiger partial charge in [0.1, 0.15) is 35.7 Å². The number of aryl methyl sites for hydroxylation is 3. The number of H-pyrrole nitrogens is 3. The standard InChI is InChI=1S/C28H32FN7O2.C27H30FN7O2.C26H28FN7O2/c1-5-35-12-14-36(15-13-35)20-8-6-19(7-9-20)33-26-24(28(37)34(3)4)27(31-17-30-26)38-23-11-10-22-21(25(23)29)16-18(2)32-22;1-17-15-20-21(31-17)9-10-22(24(20)28)37-26-23(27(36)33(2)3)25(29-16-30-26)32-18-5-7-19(8-6-18)35-13-11-34(4)12-14-35;1-16-14-19-20(31-16)8-9-21(23(19)27)36-25-22(26(35)33(2)3)24(29-15-30-25)32-17-4-6-18(7-5-17)34-12-10-28-11-13-34/h6-11,16-17,32H,5,12-15H2,1-4H3,(H,30,31,33);5-10,15-16,31H,11-14H2,1-4H3,(H,29,30,32);4-9,14-15,28,31H,10-13H2,1-3H3,(H,29,30,32). The van der Waals surface area contributed by atoms with Crippen LogP contribution in [0.25, 0.3) is 32.7 Å². The average Bonchev–Trinajstić information content (AvgIpc) is 1.78. The lowest BCUT2D eigenvalue weighted by Gasteiger charge is -2.35. The Morgan fingerprint density at radius 3 is 1.01 bits per heavy atom. The van der Waals surface area contributed by atoms with Gasteiger partial charge in [-0.15, -0.1) is 0 Å². The number of aromatic amines is 3. The van der Waals surface area contributed by atoms with Gasteiger partial charge in [0.2, 0.25) is 17.6 Å². The Bertz CT molecular complexity index is 5300. The number of fused-ring (bicyclic) bond motifs is 3. The number of ether oxygens (including phenoxy) is 3. The smallest absolute Gasteiger partial charge is 0.262 e. The second-order valence-corrected chi connectivity index (χ2v) is 28.0. The van der Waals surface area contributed by atoms with E-state index in [4.69, 9.17) is 14.2 Å². The Morgan fingerprint density at radius 1 is 0.414 bits per heavy atom. The maximum absolute atomic E-state index is 15.2. The first-order valence-electron chi connectivity index (χ1n) is 36.6. The van der Waals surface area contributed by atoms with Crippen molar-refractivity contribution in [2.45, 2.75) is 27.7 Å². The molecule has 3 aliphatic rings. The van der Waals surface area contributed by atoms with Crippen molar-refractivity contribution in [1.29, 1.82) is 0 Å². The number of aromatic nitrogens is 9. The van der Waals surface area contributed by atoms with Crippen molar-refractivity contribution >= 4 is 102 Å². The van der Waals surface area contributed by atoms with Crippen LogP contribution < -0.4 is 50.2 Å². The number of anilines is 9. The molecule has 6 aromatic heterocycles. The summed E-state index contributed by atoms with van der Waals surface area (Å²) in [5, 5.41) is 14.2. The number of hydrogen-bond acceptors (Lipinski definition) is 21. The molecular formula is C81H90F3N21O6. The summed E-state index contributed by atoms with van der Waals surface area (Å²) in [6.45, 7) is 20.7. The van der Waals surface area contributed by atoms with Gasteiger partial charge in [0.25, 0.3) is 17.7 Å². The summed E-state index contributed by atoms with van der Waals surface area (Å²) >= 11 is 0. The van der Waals surface area contributed by atoms with Gasteiger partial charge in [-0.25, -0.2) is 43.1 Å². The molecule has 3 aliphatic heterocycles. The molecule has 3 amide bonds. The molecule has 30 heteroatoms. The SMILES string of the molecule is CCN1CCN(c2ccc(Nc3ncnc(Oc4ccc5[nH]c(C)cc5c4F)c3C(=O)N(C)C)cc2)CC1.Cc1cc2c(F)c(Oc3ncnc(Nc4ccc(N5CCN(C)CC5)cc4)c3C(=O)N(C)C)ccc2[nH]1.Cc1cc2c(F)c(Oc3ncnc(Nc4ccc(N5CCNCC5)cc4)c3C(=O)N(C)C)ccc2[nH]1. The Morgan fingerprint density at radius 2 is 0.712 bits per heavy atom.